The number of aliphatic hydroxyl groups excluding tert-OH is 1. The van der Waals surface area contributed by atoms with E-state index in [4.69, 9.17) is 11.6 Å². The van der Waals surface area contributed by atoms with E-state index in [0.29, 0.717) is 5.02 Å². The maximum atomic E-state index is 11.4. The van der Waals surface area contributed by atoms with Gasteiger partial charge in [0.05, 0.1) is 17.6 Å². The number of hydrogen-bond donors (Lipinski definition) is 2. The van der Waals surface area contributed by atoms with E-state index in [1.54, 1.807) is 6.07 Å². The molecular weight excluding hydrogens is 274 g/mol. The molecule has 6 heteroatoms. The second kappa shape index (κ2) is 5.17. The molecule has 0 radical (unpaired) electrons. The Morgan fingerprint density at radius 2 is 2.06 bits per heavy atom. The molecule has 0 saturated carbocycles. The summed E-state index contributed by atoms with van der Waals surface area (Å²) in [5.74, 6) is -0.192. The van der Waals surface area contributed by atoms with Gasteiger partial charge in [-0.05, 0) is 18.6 Å². The van der Waals surface area contributed by atoms with Crippen molar-refractivity contribution in [1.82, 2.24) is 5.32 Å². The first-order chi connectivity index (χ1) is 8.39. The van der Waals surface area contributed by atoms with Crippen LogP contribution in [0, 0.1) is 0 Å². The Kier molecular flexibility index (Phi) is 3.96. The minimum atomic E-state index is -3.13. The predicted octanol–water partition coefficient (Wildman–Crippen LogP) is 1.15. The van der Waals surface area contributed by atoms with E-state index in [1.165, 1.54) is 0 Å². The van der Waals surface area contributed by atoms with Crippen molar-refractivity contribution in [2.24, 2.45) is 0 Å². The fourth-order valence-corrected chi connectivity index (χ4v) is 4.28. The highest BCUT2D eigenvalue weighted by Crippen LogP contribution is 2.24. The molecular formula is C12H16ClNO3S. The summed E-state index contributed by atoms with van der Waals surface area (Å²) in [5.41, 5.74) is 0.899. The molecule has 2 unspecified atom stereocenters. The summed E-state index contributed by atoms with van der Waals surface area (Å²) in [4.78, 5) is 0. The van der Waals surface area contributed by atoms with Gasteiger partial charge < -0.3 is 10.4 Å². The van der Waals surface area contributed by atoms with Gasteiger partial charge in [-0.2, -0.15) is 0 Å². The quantitative estimate of drug-likeness (QED) is 0.876. The van der Waals surface area contributed by atoms with Gasteiger partial charge >= 0.3 is 0 Å². The lowest BCUT2D eigenvalue weighted by Gasteiger charge is -2.22. The minimum absolute atomic E-state index is 0.0248. The third kappa shape index (κ3) is 3.03. The highest BCUT2D eigenvalue weighted by molar-refractivity contribution is 7.91. The van der Waals surface area contributed by atoms with Crippen LogP contribution in [0.25, 0.3) is 0 Å². The zero-order chi connectivity index (χ0) is 13.3. The van der Waals surface area contributed by atoms with Crippen LogP contribution in [-0.4, -0.2) is 37.2 Å². The van der Waals surface area contributed by atoms with Crippen molar-refractivity contribution in [2.75, 3.05) is 11.5 Å². The van der Waals surface area contributed by atoms with Crippen molar-refractivity contribution in [3.63, 3.8) is 0 Å². The van der Waals surface area contributed by atoms with E-state index in [1.807, 2.05) is 25.1 Å². The first-order valence-electron chi connectivity index (χ1n) is 5.78. The van der Waals surface area contributed by atoms with Crippen LogP contribution in [0.2, 0.25) is 5.02 Å². The van der Waals surface area contributed by atoms with Crippen molar-refractivity contribution in [3.8, 4) is 0 Å². The lowest BCUT2D eigenvalue weighted by Crippen LogP contribution is -2.40. The molecule has 1 saturated heterocycles. The lowest BCUT2D eigenvalue weighted by atomic mass is 10.1. The van der Waals surface area contributed by atoms with E-state index < -0.39 is 22.0 Å². The molecule has 0 bridgehead atoms. The van der Waals surface area contributed by atoms with E-state index in [2.05, 4.69) is 5.32 Å². The van der Waals surface area contributed by atoms with E-state index >= 15 is 0 Å². The molecule has 2 N–H and O–H groups in total. The molecule has 18 heavy (non-hydrogen) atoms. The van der Waals surface area contributed by atoms with Crippen LogP contribution in [0.4, 0.5) is 0 Å². The third-order valence-corrected chi connectivity index (χ3v) is 5.22. The second-order valence-electron chi connectivity index (χ2n) is 4.66. The lowest BCUT2D eigenvalue weighted by molar-refractivity contribution is 0.160. The number of benzene rings is 1. The van der Waals surface area contributed by atoms with Crippen LogP contribution in [-0.2, 0) is 9.84 Å². The number of hydrogen-bond acceptors (Lipinski definition) is 4. The summed E-state index contributed by atoms with van der Waals surface area (Å²) in [6, 6.07) is 6.86. The Morgan fingerprint density at radius 3 is 2.61 bits per heavy atom. The van der Waals surface area contributed by atoms with Crippen molar-refractivity contribution >= 4 is 21.4 Å². The molecule has 0 aromatic heterocycles. The summed E-state index contributed by atoms with van der Waals surface area (Å²) >= 11 is 6.08. The van der Waals surface area contributed by atoms with Gasteiger partial charge in [0.2, 0.25) is 0 Å². The molecule has 4 nitrogen and oxygen atoms in total. The van der Waals surface area contributed by atoms with Gasteiger partial charge in [-0.15, -0.1) is 0 Å². The zero-order valence-corrected chi connectivity index (χ0v) is 11.6. The Balaban J connectivity index is 2.09. The number of rotatable bonds is 3. The summed E-state index contributed by atoms with van der Waals surface area (Å²) < 4.78 is 22.8. The van der Waals surface area contributed by atoms with Crippen molar-refractivity contribution in [1.29, 1.82) is 0 Å². The summed E-state index contributed by atoms with van der Waals surface area (Å²) in [7, 11) is -3.13. The Morgan fingerprint density at radius 1 is 1.39 bits per heavy atom. The molecule has 0 spiro atoms. The highest BCUT2D eigenvalue weighted by atomic mass is 35.5. The first-order valence-corrected chi connectivity index (χ1v) is 7.98. The molecule has 3 atom stereocenters. The molecule has 2 rings (SSSR count). The first kappa shape index (κ1) is 13.8. The normalized spacial score (nSPS) is 28.2. The summed E-state index contributed by atoms with van der Waals surface area (Å²) in [5, 5.41) is 13.5. The molecule has 0 aliphatic carbocycles. The molecule has 1 aromatic rings. The van der Waals surface area contributed by atoms with Crippen LogP contribution < -0.4 is 5.32 Å². The monoisotopic (exact) mass is 289 g/mol. The van der Waals surface area contributed by atoms with Gasteiger partial charge in [0.15, 0.2) is 9.84 Å². The number of nitrogens with one attached hydrogen (secondary N) is 1. The van der Waals surface area contributed by atoms with Gasteiger partial charge in [0.1, 0.15) is 0 Å². The van der Waals surface area contributed by atoms with Gasteiger partial charge in [0.25, 0.3) is 0 Å². The SMILES string of the molecule is C[C@@H](NC1CS(=O)(=O)CC1O)c1ccccc1Cl. The smallest absolute Gasteiger partial charge is 0.154 e. The maximum absolute atomic E-state index is 11.4. The Labute approximate surface area is 112 Å². The average Bonchev–Trinajstić information content (AvgIpc) is 2.52. The van der Waals surface area contributed by atoms with Gasteiger partial charge in [0, 0.05) is 17.1 Å². The van der Waals surface area contributed by atoms with E-state index in [-0.39, 0.29) is 17.5 Å². The van der Waals surface area contributed by atoms with E-state index in [0.717, 1.165) is 5.56 Å². The van der Waals surface area contributed by atoms with Gasteiger partial charge in [-0.25, -0.2) is 8.42 Å². The second-order valence-corrected chi connectivity index (χ2v) is 7.22. The molecule has 1 fully saturated rings. The number of aliphatic hydroxyl groups is 1. The molecule has 0 amide bonds. The van der Waals surface area contributed by atoms with Crippen LogP contribution >= 0.6 is 11.6 Å². The van der Waals surface area contributed by atoms with Gasteiger partial charge in [-0.1, -0.05) is 29.8 Å². The molecule has 100 valence electrons. The molecule has 1 aromatic carbocycles. The van der Waals surface area contributed by atoms with Crippen LogP contribution in [0.1, 0.15) is 18.5 Å². The van der Waals surface area contributed by atoms with Crippen LogP contribution in [0.3, 0.4) is 0 Å². The van der Waals surface area contributed by atoms with Crippen molar-refractivity contribution < 1.29 is 13.5 Å². The standard InChI is InChI=1S/C12H16ClNO3S/c1-8(9-4-2-3-5-10(9)13)14-11-6-18(16,17)7-12(11)15/h2-5,8,11-12,14-15H,6-7H2,1H3/t8-,11?,12?/m1/s1. The van der Waals surface area contributed by atoms with Crippen molar-refractivity contribution in [3.05, 3.63) is 34.9 Å². The Hall–Kier alpha value is -0.620. The summed E-state index contributed by atoms with van der Waals surface area (Å²) in [6.45, 7) is 1.90. The van der Waals surface area contributed by atoms with Crippen LogP contribution in [0.15, 0.2) is 24.3 Å². The molecule has 1 heterocycles. The fourth-order valence-electron chi connectivity index (χ4n) is 2.23. The largest absolute Gasteiger partial charge is 0.390 e. The van der Waals surface area contributed by atoms with Crippen LogP contribution in [0.5, 0.6) is 0 Å². The topological polar surface area (TPSA) is 66.4 Å². The zero-order valence-electron chi connectivity index (χ0n) is 10.0. The van der Waals surface area contributed by atoms with Crippen molar-refractivity contribution in [2.45, 2.75) is 25.1 Å². The highest BCUT2D eigenvalue weighted by Gasteiger charge is 2.37. The number of sulfone groups is 1. The predicted molar refractivity (Wildman–Crippen MR) is 71.5 cm³/mol. The molecule has 1 aliphatic rings. The van der Waals surface area contributed by atoms with E-state index in [9.17, 15) is 13.5 Å². The Bertz CT molecular complexity index is 532. The molecule has 1 aliphatic heterocycles. The fraction of sp³-hybridized carbons (Fsp3) is 0.500. The van der Waals surface area contributed by atoms with Gasteiger partial charge in [-0.3, -0.25) is 0 Å². The number of halogens is 1. The third-order valence-electron chi connectivity index (χ3n) is 3.16. The summed E-state index contributed by atoms with van der Waals surface area (Å²) in [6.07, 6.45) is -0.847. The average molecular weight is 290 g/mol. The minimum Gasteiger partial charge on any atom is -0.390 e. The maximum Gasteiger partial charge on any atom is 0.154 e.